The number of carbonyl (C=O) groups excluding carboxylic acids is 2. The molecule has 42 heavy (non-hydrogen) atoms. The Kier molecular flexibility index (Phi) is 9.46. The Morgan fingerprint density at radius 2 is 1.98 bits per heavy atom. The largest absolute Gasteiger partial charge is 0.443 e. The van der Waals surface area contributed by atoms with E-state index >= 15 is 0 Å². The molecule has 0 saturated carbocycles. The van der Waals surface area contributed by atoms with E-state index in [4.69, 9.17) is 19.3 Å². The van der Waals surface area contributed by atoms with Crippen LogP contribution in [0, 0.1) is 0 Å². The maximum absolute atomic E-state index is 13.4. The van der Waals surface area contributed by atoms with E-state index in [1.54, 1.807) is 23.2 Å². The predicted molar refractivity (Wildman–Crippen MR) is 160 cm³/mol. The quantitative estimate of drug-likeness (QED) is 0.288. The normalized spacial score (nSPS) is 19.7. The Hall–Kier alpha value is -3.86. The number of anilines is 1. The zero-order chi connectivity index (χ0) is 29.5. The highest BCUT2D eigenvalue weighted by Gasteiger charge is 2.35. The molecule has 0 bridgehead atoms. The van der Waals surface area contributed by atoms with Crippen LogP contribution in [0.4, 0.5) is 10.6 Å². The van der Waals surface area contributed by atoms with E-state index in [2.05, 4.69) is 33.6 Å². The summed E-state index contributed by atoms with van der Waals surface area (Å²) in [6.07, 6.45) is 7.35. The maximum atomic E-state index is 13.4. The number of nitrogens with zero attached hydrogens (tertiary/aromatic N) is 4. The van der Waals surface area contributed by atoms with Gasteiger partial charge in [0.25, 0.3) is 5.91 Å². The lowest BCUT2D eigenvalue weighted by atomic mass is 10.2. The van der Waals surface area contributed by atoms with E-state index in [0.717, 1.165) is 48.8 Å². The third-order valence-electron chi connectivity index (χ3n) is 7.12. The first-order chi connectivity index (χ1) is 20.2. The molecule has 2 fully saturated rings. The van der Waals surface area contributed by atoms with Crippen LogP contribution < -0.4 is 10.4 Å². The molecule has 2 atom stereocenters. The summed E-state index contributed by atoms with van der Waals surface area (Å²) < 4.78 is 11.2. The lowest BCUT2D eigenvalue weighted by Crippen LogP contribution is -2.45. The standard InChI is InChI=1S/C32H39N5O5/c1-32(2,3)41-31(39)37(26-17-18-36(22-26)21-25-14-13-24-8-4-5-9-27(24)34-25)28-15-11-23(20-33-28)12-16-29(38)35-42-30-10-6-7-19-40-30/h4-5,8-9,11-16,20,26,30H,6-7,10,17-19,21-22H2,1-3H3,(H,35,38)/t26-,30?/m1/s1. The highest BCUT2D eigenvalue weighted by Crippen LogP contribution is 2.26. The molecule has 10 heteroatoms. The Morgan fingerprint density at radius 3 is 2.74 bits per heavy atom. The molecule has 2 amide bonds. The van der Waals surface area contributed by atoms with Crippen LogP contribution in [0.25, 0.3) is 17.0 Å². The number of hydroxylamine groups is 1. The molecule has 10 nitrogen and oxygen atoms in total. The van der Waals surface area contributed by atoms with Gasteiger partial charge < -0.3 is 9.47 Å². The molecule has 1 aromatic carbocycles. The number of amides is 2. The van der Waals surface area contributed by atoms with E-state index in [1.165, 1.54) is 6.08 Å². The minimum Gasteiger partial charge on any atom is -0.443 e. The van der Waals surface area contributed by atoms with Crippen LogP contribution in [0.5, 0.6) is 0 Å². The molecule has 2 aliphatic heterocycles. The van der Waals surface area contributed by atoms with Gasteiger partial charge in [-0.05, 0) is 75.9 Å². The molecule has 2 saturated heterocycles. The number of likely N-dealkylation sites (tertiary alicyclic amines) is 1. The molecule has 1 N–H and O–H groups in total. The van der Waals surface area contributed by atoms with Gasteiger partial charge in [-0.25, -0.2) is 20.1 Å². The van der Waals surface area contributed by atoms with Crippen LogP contribution in [-0.4, -0.2) is 64.5 Å². The fourth-order valence-electron chi connectivity index (χ4n) is 5.11. The average Bonchev–Trinajstić information content (AvgIpc) is 3.43. The number of benzene rings is 1. The summed E-state index contributed by atoms with van der Waals surface area (Å²) >= 11 is 0. The first kappa shape index (κ1) is 29.6. The number of fused-ring (bicyclic) bond motifs is 1. The van der Waals surface area contributed by atoms with E-state index < -0.39 is 23.9 Å². The topological polar surface area (TPSA) is 106 Å². The van der Waals surface area contributed by atoms with Crippen molar-refractivity contribution in [2.45, 2.75) is 70.9 Å². The third-order valence-corrected chi connectivity index (χ3v) is 7.12. The highest BCUT2D eigenvalue weighted by molar-refractivity contribution is 5.91. The van der Waals surface area contributed by atoms with Gasteiger partial charge in [-0.1, -0.05) is 24.3 Å². The second-order valence-corrected chi connectivity index (χ2v) is 11.7. The number of para-hydroxylation sites is 1. The number of hydrogen-bond donors (Lipinski definition) is 1. The Bertz CT molecular complexity index is 1400. The van der Waals surface area contributed by atoms with Crippen LogP contribution in [0.2, 0.25) is 0 Å². The van der Waals surface area contributed by atoms with Crippen LogP contribution in [0.15, 0.2) is 60.8 Å². The monoisotopic (exact) mass is 573 g/mol. The van der Waals surface area contributed by atoms with Crippen molar-refractivity contribution in [1.29, 1.82) is 0 Å². The molecule has 4 heterocycles. The zero-order valence-corrected chi connectivity index (χ0v) is 24.5. The smallest absolute Gasteiger partial charge is 0.416 e. The van der Waals surface area contributed by atoms with Gasteiger partial charge in [-0.3, -0.25) is 19.6 Å². The number of ether oxygens (including phenoxy) is 2. The summed E-state index contributed by atoms with van der Waals surface area (Å²) in [5.74, 6) is 0.106. The molecule has 222 valence electrons. The number of aromatic nitrogens is 2. The van der Waals surface area contributed by atoms with E-state index in [-0.39, 0.29) is 6.04 Å². The highest BCUT2D eigenvalue weighted by atomic mass is 16.8. The third kappa shape index (κ3) is 8.12. The van der Waals surface area contributed by atoms with E-state index in [0.29, 0.717) is 31.1 Å². The minimum absolute atomic E-state index is 0.112. The number of carbonyl (C=O) groups is 2. The minimum atomic E-state index is -0.649. The summed E-state index contributed by atoms with van der Waals surface area (Å²) in [5.41, 5.74) is 4.44. The van der Waals surface area contributed by atoms with Crippen molar-refractivity contribution in [2.24, 2.45) is 0 Å². The second-order valence-electron chi connectivity index (χ2n) is 11.7. The zero-order valence-electron chi connectivity index (χ0n) is 24.5. The molecular weight excluding hydrogens is 534 g/mol. The number of pyridine rings is 2. The molecule has 0 aliphatic carbocycles. The average molecular weight is 574 g/mol. The first-order valence-electron chi connectivity index (χ1n) is 14.5. The molecule has 1 unspecified atom stereocenters. The van der Waals surface area contributed by atoms with Crippen molar-refractivity contribution in [1.82, 2.24) is 20.3 Å². The summed E-state index contributed by atoms with van der Waals surface area (Å²) in [4.78, 5) is 44.2. The lowest BCUT2D eigenvalue weighted by molar-refractivity contribution is -0.198. The van der Waals surface area contributed by atoms with E-state index in [1.807, 2.05) is 45.0 Å². The van der Waals surface area contributed by atoms with Crippen molar-refractivity contribution in [3.63, 3.8) is 0 Å². The van der Waals surface area contributed by atoms with Crippen LogP contribution >= 0.6 is 0 Å². The number of rotatable bonds is 8. The SMILES string of the molecule is CC(C)(C)OC(=O)N(c1ccc(C=CC(=O)NOC2CCCCO2)cn1)[C@@H]1CCN(Cc2ccc3ccccc3n2)C1. The van der Waals surface area contributed by atoms with Crippen molar-refractivity contribution in [3.8, 4) is 0 Å². The molecule has 5 rings (SSSR count). The van der Waals surface area contributed by atoms with Gasteiger partial charge in [0.2, 0.25) is 0 Å². The van der Waals surface area contributed by atoms with Crippen LogP contribution in [0.1, 0.15) is 57.7 Å². The van der Waals surface area contributed by atoms with Crippen molar-refractivity contribution in [3.05, 3.63) is 72.1 Å². The second kappa shape index (κ2) is 13.4. The molecule has 2 aliphatic rings. The van der Waals surface area contributed by atoms with Crippen LogP contribution in [0.3, 0.4) is 0 Å². The van der Waals surface area contributed by atoms with Gasteiger partial charge in [0.1, 0.15) is 11.4 Å². The fraction of sp³-hybridized carbons (Fsp3) is 0.438. The van der Waals surface area contributed by atoms with Gasteiger partial charge >= 0.3 is 6.09 Å². The molecule has 2 aromatic heterocycles. The Labute approximate surface area is 246 Å². The van der Waals surface area contributed by atoms with Gasteiger partial charge in [-0.2, -0.15) is 0 Å². The van der Waals surface area contributed by atoms with Gasteiger partial charge in [0, 0.05) is 50.3 Å². The Morgan fingerprint density at radius 1 is 1.12 bits per heavy atom. The van der Waals surface area contributed by atoms with Gasteiger partial charge in [-0.15, -0.1) is 0 Å². The fourth-order valence-corrected chi connectivity index (χ4v) is 5.11. The van der Waals surface area contributed by atoms with Gasteiger partial charge in [0.05, 0.1) is 17.3 Å². The lowest BCUT2D eigenvalue weighted by Gasteiger charge is -2.31. The van der Waals surface area contributed by atoms with Crippen molar-refractivity contribution >= 4 is 34.8 Å². The molecule has 0 radical (unpaired) electrons. The van der Waals surface area contributed by atoms with E-state index in [9.17, 15) is 9.59 Å². The number of hydrogen-bond acceptors (Lipinski definition) is 8. The molecule has 0 spiro atoms. The van der Waals surface area contributed by atoms with Gasteiger partial charge in [0.15, 0.2) is 6.29 Å². The number of nitrogens with one attached hydrogen (secondary N) is 1. The summed E-state index contributed by atoms with van der Waals surface area (Å²) in [6.45, 7) is 8.38. The maximum Gasteiger partial charge on any atom is 0.416 e. The molecule has 3 aromatic rings. The summed E-state index contributed by atoms with van der Waals surface area (Å²) in [6, 6.07) is 15.7. The van der Waals surface area contributed by atoms with Crippen LogP contribution in [-0.2, 0) is 25.7 Å². The Balaban J connectivity index is 1.23. The molecular formula is C32H39N5O5. The van der Waals surface area contributed by atoms with Crippen molar-refractivity contribution in [2.75, 3.05) is 24.6 Å². The summed E-state index contributed by atoms with van der Waals surface area (Å²) in [5, 5.41) is 1.11. The summed E-state index contributed by atoms with van der Waals surface area (Å²) in [7, 11) is 0. The van der Waals surface area contributed by atoms with Crippen molar-refractivity contribution < 1.29 is 23.9 Å². The first-order valence-corrected chi connectivity index (χ1v) is 14.5. The predicted octanol–water partition coefficient (Wildman–Crippen LogP) is 5.23.